The van der Waals surface area contributed by atoms with Gasteiger partial charge in [0.15, 0.2) is 0 Å². The van der Waals surface area contributed by atoms with E-state index in [2.05, 4.69) is 19.2 Å². The number of hydrogen-bond donors (Lipinski definition) is 1. The number of hydrogen-bond acceptors (Lipinski definition) is 3. The fraction of sp³-hybridized carbons (Fsp3) is 0.900. The van der Waals surface area contributed by atoms with Crippen molar-refractivity contribution in [2.45, 2.75) is 103 Å². The summed E-state index contributed by atoms with van der Waals surface area (Å²) < 4.78 is 0. The summed E-state index contributed by atoms with van der Waals surface area (Å²) in [5.41, 5.74) is 0. The highest BCUT2D eigenvalue weighted by Gasteiger charge is 2.29. The number of nitrogens with one attached hydrogen (secondary N) is 1. The molecule has 1 heterocycles. The van der Waals surface area contributed by atoms with E-state index in [0.29, 0.717) is 0 Å². The van der Waals surface area contributed by atoms with Crippen molar-refractivity contribution in [1.82, 2.24) is 5.32 Å². The fourth-order valence-electron chi connectivity index (χ4n) is 3.31. The maximum absolute atomic E-state index is 12.6. The van der Waals surface area contributed by atoms with Crippen LogP contribution in [0.5, 0.6) is 0 Å². The standard InChI is InChI=1S/C20H37NO2S/c1-3-5-7-9-10-12-14-17(13-11-8-6-4-2)19(22)21-18-15-16-24-20(18)23/h17-18H,3-16H2,1-2H3,(H,21,22). The van der Waals surface area contributed by atoms with Crippen LogP contribution in [0.15, 0.2) is 0 Å². The molecule has 0 saturated carbocycles. The lowest BCUT2D eigenvalue weighted by Crippen LogP contribution is -2.40. The molecule has 24 heavy (non-hydrogen) atoms. The Morgan fingerprint density at radius 1 is 1.00 bits per heavy atom. The predicted octanol–water partition coefficient (Wildman–Crippen LogP) is 5.47. The quantitative estimate of drug-likeness (QED) is 0.420. The van der Waals surface area contributed by atoms with Crippen LogP contribution in [0.1, 0.15) is 97.3 Å². The average molecular weight is 356 g/mol. The van der Waals surface area contributed by atoms with Crippen molar-refractivity contribution < 1.29 is 9.59 Å². The van der Waals surface area contributed by atoms with Crippen LogP contribution in [0.3, 0.4) is 0 Å². The lowest BCUT2D eigenvalue weighted by molar-refractivity contribution is -0.128. The summed E-state index contributed by atoms with van der Waals surface area (Å²) in [6, 6.07) is -0.231. The van der Waals surface area contributed by atoms with Crippen molar-refractivity contribution in [1.29, 1.82) is 0 Å². The smallest absolute Gasteiger partial charge is 0.223 e. The average Bonchev–Trinajstić information content (AvgIpc) is 2.97. The lowest BCUT2D eigenvalue weighted by atomic mass is 9.93. The molecular formula is C20H37NO2S. The van der Waals surface area contributed by atoms with E-state index >= 15 is 0 Å². The van der Waals surface area contributed by atoms with E-state index < -0.39 is 0 Å². The Morgan fingerprint density at radius 2 is 1.54 bits per heavy atom. The van der Waals surface area contributed by atoms with Gasteiger partial charge in [0.05, 0.1) is 6.04 Å². The Kier molecular flexibility index (Phi) is 12.3. The summed E-state index contributed by atoms with van der Waals surface area (Å²) in [7, 11) is 0. The van der Waals surface area contributed by atoms with Gasteiger partial charge in [0.1, 0.15) is 0 Å². The van der Waals surface area contributed by atoms with Crippen molar-refractivity contribution in [3.05, 3.63) is 0 Å². The van der Waals surface area contributed by atoms with Gasteiger partial charge in [0, 0.05) is 11.7 Å². The molecule has 2 atom stereocenters. The molecule has 4 heteroatoms. The first-order chi connectivity index (χ1) is 11.7. The van der Waals surface area contributed by atoms with Gasteiger partial charge in [0.25, 0.3) is 0 Å². The second-order valence-electron chi connectivity index (χ2n) is 7.12. The lowest BCUT2D eigenvalue weighted by Gasteiger charge is -2.19. The second-order valence-corrected chi connectivity index (χ2v) is 8.22. The van der Waals surface area contributed by atoms with E-state index in [9.17, 15) is 9.59 Å². The normalized spacial score (nSPS) is 18.8. The number of carbonyl (C=O) groups excluding carboxylic acids is 2. The predicted molar refractivity (Wildman–Crippen MR) is 104 cm³/mol. The molecule has 0 aromatic heterocycles. The molecule has 1 saturated heterocycles. The maximum Gasteiger partial charge on any atom is 0.223 e. The highest BCUT2D eigenvalue weighted by atomic mass is 32.2. The van der Waals surface area contributed by atoms with E-state index in [0.717, 1.165) is 37.9 Å². The summed E-state index contributed by atoms with van der Waals surface area (Å²) in [5, 5.41) is 3.17. The molecule has 2 unspecified atom stereocenters. The Labute approximate surface area is 153 Å². The Morgan fingerprint density at radius 3 is 2.08 bits per heavy atom. The van der Waals surface area contributed by atoms with Crippen molar-refractivity contribution >= 4 is 22.8 Å². The second kappa shape index (κ2) is 13.7. The van der Waals surface area contributed by atoms with Crippen LogP contribution in [-0.4, -0.2) is 22.8 Å². The molecule has 0 bridgehead atoms. The van der Waals surface area contributed by atoms with Crippen molar-refractivity contribution in [3.63, 3.8) is 0 Å². The largest absolute Gasteiger partial charge is 0.345 e. The van der Waals surface area contributed by atoms with E-state index in [4.69, 9.17) is 0 Å². The number of carbonyl (C=O) groups is 2. The van der Waals surface area contributed by atoms with Crippen LogP contribution in [0.25, 0.3) is 0 Å². The third-order valence-corrected chi connectivity index (χ3v) is 5.94. The van der Waals surface area contributed by atoms with Crippen molar-refractivity contribution in [2.75, 3.05) is 5.75 Å². The minimum Gasteiger partial charge on any atom is -0.345 e. The maximum atomic E-state index is 12.6. The van der Waals surface area contributed by atoms with Gasteiger partial charge in [-0.3, -0.25) is 9.59 Å². The molecule has 140 valence electrons. The number of rotatable bonds is 14. The SMILES string of the molecule is CCCCCCCCC(CCCCCC)C(=O)NC1CCSC1=O. The minimum absolute atomic E-state index is 0.103. The van der Waals surface area contributed by atoms with Crippen LogP contribution >= 0.6 is 11.8 Å². The van der Waals surface area contributed by atoms with Gasteiger partial charge in [-0.1, -0.05) is 89.8 Å². The molecule has 1 N–H and O–H groups in total. The molecule has 0 aliphatic carbocycles. The van der Waals surface area contributed by atoms with Crippen LogP contribution in [0.2, 0.25) is 0 Å². The Balaban J connectivity index is 2.34. The first-order valence-electron chi connectivity index (χ1n) is 10.2. The summed E-state index contributed by atoms with van der Waals surface area (Å²) in [4.78, 5) is 24.3. The van der Waals surface area contributed by atoms with E-state index in [1.165, 1.54) is 63.1 Å². The van der Waals surface area contributed by atoms with Crippen LogP contribution in [0, 0.1) is 5.92 Å². The molecular weight excluding hydrogens is 318 g/mol. The minimum atomic E-state index is -0.231. The molecule has 1 rings (SSSR count). The van der Waals surface area contributed by atoms with Gasteiger partial charge < -0.3 is 5.32 Å². The highest BCUT2D eigenvalue weighted by molar-refractivity contribution is 8.14. The zero-order valence-electron chi connectivity index (χ0n) is 15.8. The molecule has 0 aromatic carbocycles. The summed E-state index contributed by atoms with van der Waals surface area (Å²) in [6.07, 6.45) is 15.2. The summed E-state index contributed by atoms with van der Waals surface area (Å²) in [6.45, 7) is 4.45. The molecule has 1 fully saturated rings. The molecule has 3 nitrogen and oxygen atoms in total. The van der Waals surface area contributed by atoms with Crippen LogP contribution in [0.4, 0.5) is 0 Å². The summed E-state index contributed by atoms with van der Waals surface area (Å²) >= 11 is 1.36. The highest BCUT2D eigenvalue weighted by Crippen LogP contribution is 2.23. The zero-order valence-corrected chi connectivity index (χ0v) is 16.6. The van der Waals surface area contributed by atoms with Gasteiger partial charge in [-0.2, -0.15) is 0 Å². The molecule has 0 aromatic rings. The van der Waals surface area contributed by atoms with Gasteiger partial charge in [-0.15, -0.1) is 0 Å². The number of thioether (sulfide) groups is 1. The summed E-state index contributed by atoms with van der Waals surface area (Å²) in [5.74, 6) is 1.08. The monoisotopic (exact) mass is 355 g/mol. The third kappa shape index (κ3) is 9.10. The first kappa shape index (κ1) is 21.5. The molecule has 0 radical (unpaired) electrons. The number of amides is 1. The van der Waals surface area contributed by atoms with E-state index in [1.54, 1.807) is 0 Å². The fourth-order valence-corrected chi connectivity index (χ4v) is 4.24. The van der Waals surface area contributed by atoms with Crippen molar-refractivity contribution in [2.24, 2.45) is 5.92 Å². The van der Waals surface area contributed by atoms with Gasteiger partial charge in [-0.25, -0.2) is 0 Å². The molecule has 1 aliphatic heterocycles. The molecule has 1 aliphatic rings. The Hall–Kier alpha value is -0.510. The number of unbranched alkanes of at least 4 members (excludes halogenated alkanes) is 8. The van der Waals surface area contributed by atoms with Gasteiger partial charge in [-0.05, 0) is 19.3 Å². The molecule has 0 spiro atoms. The molecule has 1 amide bonds. The first-order valence-corrected chi connectivity index (χ1v) is 11.1. The topological polar surface area (TPSA) is 46.2 Å². The Bertz CT molecular complexity index is 360. The van der Waals surface area contributed by atoms with Crippen LogP contribution in [-0.2, 0) is 9.59 Å². The van der Waals surface area contributed by atoms with E-state index in [-0.39, 0.29) is 23.0 Å². The van der Waals surface area contributed by atoms with Gasteiger partial charge in [0.2, 0.25) is 11.0 Å². The van der Waals surface area contributed by atoms with Crippen LogP contribution < -0.4 is 5.32 Å². The van der Waals surface area contributed by atoms with Crippen molar-refractivity contribution in [3.8, 4) is 0 Å². The zero-order chi connectivity index (χ0) is 17.6. The van der Waals surface area contributed by atoms with Gasteiger partial charge >= 0.3 is 0 Å². The third-order valence-electron chi connectivity index (χ3n) is 4.93. The van der Waals surface area contributed by atoms with E-state index in [1.807, 2.05) is 0 Å².